The average Bonchev–Trinajstić information content (AvgIpc) is 3.42. The van der Waals surface area contributed by atoms with Gasteiger partial charge in [-0.3, -0.25) is 10.1 Å². The number of non-ortho nitro benzene ring substituents is 1. The first-order valence-electron chi connectivity index (χ1n) is 9.37. The van der Waals surface area contributed by atoms with Crippen molar-refractivity contribution in [2.24, 2.45) is 0 Å². The van der Waals surface area contributed by atoms with Crippen LogP contribution in [0.1, 0.15) is 12.6 Å². The van der Waals surface area contributed by atoms with Crippen molar-refractivity contribution in [1.82, 2.24) is 14.8 Å². The molecule has 0 unspecified atom stereocenters. The molecule has 0 spiro atoms. The largest absolute Gasteiger partial charge is 0.494 e. The number of hydrogen-bond donors (Lipinski definition) is 0. The molecule has 32 heavy (non-hydrogen) atoms. The predicted molar refractivity (Wildman–Crippen MR) is 113 cm³/mol. The molecule has 0 aliphatic carbocycles. The number of aromatic nitrogens is 3. The summed E-state index contributed by atoms with van der Waals surface area (Å²) in [6.45, 7) is 2.31. The van der Waals surface area contributed by atoms with Gasteiger partial charge < -0.3 is 4.74 Å². The van der Waals surface area contributed by atoms with E-state index >= 15 is 0 Å². The van der Waals surface area contributed by atoms with Crippen LogP contribution in [-0.4, -0.2) is 26.3 Å². The van der Waals surface area contributed by atoms with Crippen LogP contribution in [0.4, 0.5) is 18.9 Å². The minimum atomic E-state index is -4.66. The first-order chi connectivity index (χ1) is 15.3. The fourth-order valence-electron chi connectivity index (χ4n) is 3.03. The van der Waals surface area contributed by atoms with Crippen LogP contribution in [0, 0.1) is 10.1 Å². The molecule has 0 radical (unpaired) electrons. The zero-order valence-electron chi connectivity index (χ0n) is 16.5. The van der Waals surface area contributed by atoms with E-state index in [2.05, 4.69) is 10.1 Å². The van der Waals surface area contributed by atoms with Crippen molar-refractivity contribution in [3.63, 3.8) is 0 Å². The summed E-state index contributed by atoms with van der Waals surface area (Å²) in [6.07, 6.45) is -4.66. The van der Waals surface area contributed by atoms with Crippen LogP contribution >= 0.6 is 11.3 Å². The van der Waals surface area contributed by atoms with Crippen molar-refractivity contribution in [3.8, 4) is 33.4 Å². The van der Waals surface area contributed by atoms with Gasteiger partial charge in [0.2, 0.25) is 5.13 Å². The summed E-state index contributed by atoms with van der Waals surface area (Å²) >= 11 is 0.959. The van der Waals surface area contributed by atoms with Crippen LogP contribution in [0.3, 0.4) is 0 Å². The lowest BCUT2D eigenvalue weighted by Gasteiger charge is -2.07. The molecular formula is C21H15F3N4O3S. The molecule has 0 fully saturated rings. The number of nitro groups is 1. The van der Waals surface area contributed by atoms with E-state index < -0.39 is 16.8 Å². The van der Waals surface area contributed by atoms with Gasteiger partial charge in [0.1, 0.15) is 5.75 Å². The van der Waals surface area contributed by atoms with E-state index in [4.69, 9.17) is 4.74 Å². The number of halogens is 3. The summed E-state index contributed by atoms with van der Waals surface area (Å²) in [4.78, 5) is 14.7. The van der Waals surface area contributed by atoms with E-state index in [1.165, 1.54) is 23.6 Å². The highest BCUT2D eigenvalue weighted by molar-refractivity contribution is 7.12. The van der Waals surface area contributed by atoms with Gasteiger partial charge in [-0.2, -0.15) is 18.3 Å². The van der Waals surface area contributed by atoms with E-state index in [0.29, 0.717) is 29.2 Å². The Balaban J connectivity index is 1.74. The number of hydrogen-bond acceptors (Lipinski definition) is 6. The van der Waals surface area contributed by atoms with Crippen molar-refractivity contribution in [1.29, 1.82) is 0 Å². The first kappa shape index (κ1) is 21.5. The van der Waals surface area contributed by atoms with Gasteiger partial charge in [0.05, 0.1) is 22.9 Å². The van der Waals surface area contributed by atoms with E-state index in [1.807, 2.05) is 6.92 Å². The molecule has 0 atom stereocenters. The third kappa shape index (κ3) is 4.33. The van der Waals surface area contributed by atoms with Crippen LogP contribution in [-0.2, 0) is 6.18 Å². The maximum Gasteiger partial charge on any atom is 0.433 e. The standard InChI is InChI=1S/C21H15F3N4O3S/c1-2-31-16-8-6-13(7-9-16)17-11-19(21(22,23)24)27(26-17)20-25-18(12-32-20)14-4-3-5-15(10-14)28(29)30/h3-12H,2H2,1H3. The summed E-state index contributed by atoms with van der Waals surface area (Å²) in [6, 6.07) is 13.3. The Morgan fingerprint density at radius 3 is 2.50 bits per heavy atom. The zero-order chi connectivity index (χ0) is 22.9. The Morgan fingerprint density at radius 2 is 1.84 bits per heavy atom. The van der Waals surface area contributed by atoms with Crippen LogP contribution in [0.5, 0.6) is 5.75 Å². The van der Waals surface area contributed by atoms with E-state index in [-0.39, 0.29) is 16.5 Å². The summed E-state index contributed by atoms with van der Waals surface area (Å²) in [5.41, 5.74) is 0.265. The molecular weight excluding hydrogens is 445 g/mol. The molecule has 7 nitrogen and oxygen atoms in total. The van der Waals surface area contributed by atoms with Crippen molar-refractivity contribution in [2.75, 3.05) is 6.61 Å². The lowest BCUT2D eigenvalue weighted by atomic mass is 10.1. The molecule has 0 aliphatic rings. The molecule has 0 N–H and O–H groups in total. The second kappa shape index (κ2) is 8.42. The highest BCUT2D eigenvalue weighted by Gasteiger charge is 2.37. The molecule has 11 heteroatoms. The van der Waals surface area contributed by atoms with Gasteiger partial charge >= 0.3 is 6.18 Å². The van der Waals surface area contributed by atoms with Crippen LogP contribution in [0.2, 0.25) is 0 Å². The molecule has 0 bridgehead atoms. The first-order valence-corrected chi connectivity index (χ1v) is 10.3. The molecule has 164 valence electrons. The third-order valence-electron chi connectivity index (χ3n) is 4.49. The summed E-state index contributed by atoms with van der Waals surface area (Å²) in [5.74, 6) is 0.605. The summed E-state index contributed by atoms with van der Waals surface area (Å²) < 4.78 is 47.3. The lowest BCUT2D eigenvalue weighted by molar-refractivity contribution is -0.384. The number of rotatable bonds is 6. The van der Waals surface area contributed by atoms with Gasteiger partial charge in [-0.15, -0.1) is 11.3 Å². The fraction of sp³-hybridized carbons (Fsp3) is 0.143. The predicted octanol–water partition coefficient (Wildman–Crippen LogP) is 5.99. The third-order valence-corrected chi connectivity index (χ3v) is 5.30. The quantitative estimate of drug-likeness (QED) is 0.261. The average molecular weight is 460 g/mol. The molecule has 2 heterocycles. The van der Waals surface area contributed by atoms with Gasteiger partial charge in [0.15, 0.2) is 5.69 Å². The molecule has 4 aromatic rings. The number of thiazole rings is 1. The maximum absolute atomic E-state index is 13.7. The van der Waals surface area contributed by atoms with Gasteiger partial charge in [-0.25, -0.2) is 9.67 Å². The van der Waals surface area contributed by atoms with Crippen molar-refractivity contribution in [2.45, 2.75) is 13.1 Å². The molecule has 2 aromatic heterocycles. The Morgan fingerprint density at radius 1 is 1.09 bits per heavy atom. The molecule has 0 saturated heterocycles. The summed E-state index contributed by atoms with van der Waals surface area (Å²) in [5, 5.41) is 16.7. The van der Waals surface area contributed by atoms with Crippen molar-refractivity contribution in [3.05, 3.63) is 75.8 Å². The van der Waals surface area contributed by atoms with Gasteiger partial charge in [-0.05, 0) is 37.3 Å². The normalized spacial score (nSPS) is 11.5. The minimum absolute atomic E-state index is 0.00369. The Bertz CT molecular complexity index is 1270. The second-order valence-electron chi connectivity index (χ2n) is 6.60. The summed E-state index contributed by atoms with van der Waals surface area (Å²) in [7, 11) is 0. The Labute approximate surface area is 183 Å². The molecule has 0 amide bonds. The van der Waals surface area contributed by atoms with Crippen LogP contribution < -0.4 is 4.74 Å². The number of benzene rings is 2. The van der Waals surface area contributed by atoms with E-state index in [1.54, 1.807) is 30.3 Å². The van der Waals surface area contributed by atoms with Crippen molar-refractivity contribution >= 4 is 17.0 Å². The highest BCUT2D eigenvalue weighted by Crippen LogP contribution is 2.36. The van der Waals surface area contributed by atoms with E-state index in [9.17, 15) is 23.3 Å². The number of ether oxygens (including phenoxy) is 1. The molecule has 2 aromatic carbocycles. The second-order valence-corrected chi connectivity index (χ2v) is 7.44. The smallest absolute Gasteiger partial charge is 0.433 e. The zero-order valence-corrected chi connectivity index (χ0v) is 17.4. The molecule has 0 saturated carbocycles. The number of nitro benzene ring substituents is 1. The SMILES string of the molecule is CCOc1ccc(-c2cc(C(F)(F)F)n(-c3nc(-c4cccc([N+](=O)[O-])c4)cs3)n2)cc1. The highest BCUT2D eigenvalue weighted by atomic mass is 32.1. The number of alkyl halides is 3. The van der Waals surface area contributed by atoms with Crippen molar-refractivity contribution < 1.29 is 22.8 Å². The fourth-order valence-corrected chi connectivity index (χ4v) is 3.83. The topological polar surface area (TPSA) is 83.1 Å². The van der Waals surface area contributed by atoms with Crippen LogP contribution in [0.15, 0.2) is 60.0 Å². The van der Waals surface area contributed by atoms with Gasteiger partial charge in [-0.1, -0.05) is 12.1 Å². The Hall–Kier alpha value is -3.73. The van der Waals surface area contributed by atoms with Crippen LogP contribution in [0.25, 0.3) is 27.6 Å². The Kier molecular flexibility index (Phi) is 5.66. The lowest BCUT2D eigenvalue weighted by Crippen LogP contribution is -2.13. The van der Waals surface area contributed by atoms with Gasteiger partial charge in [0, 0.05) is 28.6 Å². The van der Waals surface area contributed by atoms with E-state index in [0.717, 1.165) is 22.1 Å². The van der Waals surface area contributed by atoms with Gasteiger partial charge in [0.25, 0.3) is 5.69 Å². The minimum Gasteiger partial charge on any atom is -0.494 e. The number of nitrogens with zero attached hydrogens (tertiary/aromatic N) is 4. The maximum atomic E-state index is 13.7. The molecule has 0 aliphatic heterocycles. The monoisotopic (exact) mass is 460 g/mol. The molecule has 4 rings (SSSR count).